The number of benzene rings is 1. The summed E-state index contributed by atoms with van der Waals surface area (Å²) in [6.45, 7) is 0.712. The first-order chi connectivity index (χ1) is 16.7. The van der Waals surface area contributed by atoms with E-state index >= 15 is 0 Å². The van der Waals surface area contributed by atoms with Crippen LogP contribution in [0.15, 0.2) is 54.4 Å². The lowest BCUT2D eigenvalue weighted by Crippen LogP contribution is -2.44. The molecule has 174 valence electrons. The normalized spacial score (nSPS) is 23.6. The number of fused-ring (bicyclic) bond motifs is 1. The third kappa shape index (κ3) is 4.04. The van der Waals surface area contributed by atoms with Crippen LogP contribution in [0.3, 0.4) is 0 Å². The van der Waals surface area contributed by atoms with Crippen molar-refractivity contribution in [2.24, 2.45) is 0 Å². The average molecular weight is 481 g/mol. The number of ether oxygens (including phenoxy) is 3. The highest BCUT2D eigenvalue weighted by atomic mass is 32.1. The Morgan fingerprint density at radius 1 is 1.18 bits per heavy atom. The molecule has 2 saturated heterocycles. The standard InChI is InChI=1S/C21H20N8O4S/c30-18(8-15-2-1-7-34-15)24-16-9-31-20-17(10-32-19(16)20)29-21(25-26-27-29)33-14-5-3-13(4-6-14)28-12-22-11-23-28/h1-7,11-12,16-17,19-20H,8-10H2,(H,24,30)/t16-,17-,19+,20+/m0/s1. The fourth-order valence-corrected chi connectivity index (χ4v) is 4.92. The van der Waals surface area contributed by atoms with Gasteiger partial charge in [-0.1, -0.05) is 11.2 Å². The first-order valence-electron chi connectivity index (χ1n) is 10.7. The van der Waals surface area contributed by atoms with Crippen LogP contribution in [0.5, 0.6) is 11.8 Å². The topological polar surface area (TPSA) is 131 Å². The summed E-state index contributed by atoms with van der Waals surface area (Å²) in [6.07, 6.45) is 2.85. The molecular formula is C21H20N8O4S. The number of amides is 1. The highest BCUT2D eigenvalue weighted by Gasteiger charge is 2.50. The maximum Gasteiger partial charge on any atom is 0.341 e. The van der Waals surface area contributed by atoms with Gasteiger partial charge in [0.15, 0.2) is 0 Å². The molecular weight excluding hydrogens is 460 g/mol. The highest BCUT2D eigenvalue weighted by molar-refractivity contribution is 7.10. The Hall–Kier alpha value is -3.68. The van der Waals surface area contributed by atoms with Crippen molar-refractivity contribution >= 4 is 17.2 Å². The molecule has 4 aromatic rings. The lowest BCUT2D eigenvalue weighted by molar-refractivity contribution is -0.121. The minimum Gasteiger partial charge on any atom is -0.423 e. The minimum absolute atomic E-state index is 0.0514. The Bertz CT molecular complexity index is 1240. The van der Waals surface area contributed by atoms with Crippen molar-refractivity contribution in [2.75, 3.05) is 13.2 Å². The van der Waals surface area contributed by atoms with E-state index in [1.165, 1.54) is 6.33 Å². The maximum absolute atomic E-state index is 12.4. The van der Waals surface area contributed by atoms with Gasteiger partial charge in [0, 0.05) is 4.88 Å². The summed E-state index contributed by atoms with van der Waals surface area (Å²) >= 11 is 1.56. The van der Waals surface area contributed by atoms with Gasteiger partial charge in [0.05, 0.1) is 31.4 Å². The van der Waals surface area contributed by atoms with Gasteiger partial charge in [-0.25, -0.2) is 9.67 Å². The van der Waals surface area contributed by atoms with Crippen LogP contribution in [0.1, 0.15) is 10.9 Å². The van der Waals surface area contributed by atoms with E-state index in [2.05, 4.69) is 30.9 Å². The number of hydrogen-bond donors (Lipinski definition) is 1. The first kappa shape index (κ1) is 20.9. The Balaban J connectivity index is 1.11. The van der Waals surface area contributed by atoms with E-state index < -0.39 is 0 Å². The molecule has 0 unspecified atom stereocenters. The van der Waals surface area contributed by atoms with Crippen molar-refractivity contribution in [1.29, 1.82) is 0 Å². The van der Waals surface area contributed by atoms with Crippen molar-refractivity contribution in [1.82, 2.24) is 40.3 Å². The summed E-state index contributed by atoms with van der Waals surface area (Å²) in [5.41, 5.74) is 0.850. The summed E-state index contributed by atoms with van der Waals surface area (Å²) in [4.78, 5) is 17.4. The summed E-state index contributed by atoms with van der Waals surface area (Å²) in [5.74, 6) is 0.519. The zero-order valence-corrected chi connectivity index (χ0v) is 18.6. The van der Waals surface area contributed by atoms with E-state index in [1.807, 2.05) is 29.6 Å². The molecule has 0 saturated carbocycles. The van der Waals surface area contributed by atoms with E-state index in [9.17, 15) is 4.79 Å². The van der Waals surface area contributed by atoms with Crippen LogP contribution < -0.4 is 10.1 Å². The number of nitrogens with zero attached hydrogens (tertiary/aromatic N) is 7. The van der Waals surface area contributed by atoms with Gasteiger partial charge in [-0.2, -0.15) is 9.78 Å². The lowest BCUT2D eigenvalue weighted by Gasteiger charge is -2.18. The van der Waals surface area contributed by atoms with Gasteiger partial charge in [-0.05, 0) is 46.1 Å². The van der Waals surface area contributed by atoms with Crippen LogP contribution in [0.2, 0.25) is 0 Å². The van der Waals surface area contributed by atoms with Crippen LogP contribution in [0, 0.1) is 0 Å². The van der Waals surface area contributed by atoms with Crippen LogP contribution >= 0.6 is 11.3 Å². The largest absolute Gasteiger partial charge is 0.423 e. The summed E-state index contributed by atoms with van der Waals surface area (Å²) in [7, 11) is 0. The lowest BCUT2D eigenvalue weighted by atomic mass is 10.1. The minimum atomic E-state index is -0.299. The number of carbonyl (C=O) groups is 1. The van der Waals surface area contributed by atoms with E-state index in [-0.39, 0.29) is 36.2 Å². The second kappa shape index (κ2) is 8.93. The predicted molar refractivity (Wildman–Crippen MR) is 118 cm³/mol. The molecule has 0 aliphatic carbocycles. The van der Waals surface area contributed by atoms with Gasteiger partial charge in [0.25, 0.3) is 0 Å². The van der Waals surface area contributed by atoms with E-state index in [0.29, 0.717) is 25.4 Å². The molecule has 6 rings (SSSR count). The van der Waals surface area contributed by atoms with Crippen molar-refractivity contribution in [3.05, 3.63) is 59.3 Å². The molecule has 0 bridgehead atoms. The molecule has 2 fully saturated rings. The quantitative estimate of drug-likeness (QED) is 0.414. The van der Waals surface area contributed by atoms with Gasteiger partial charge >= 0.3 is 6.01 Å². The zero-order valence-electron chi connectivity index (χ0n) is 17.8. The molecule has 2 aliphatic heterocycles. The Kier molecular flexibility index (Phi) is 5.49. The fraction of sp³-hybridized carbons (Fsp3) is 0.333. The third-order valence-corrected chi connectivity index (χ3v) is 6.67. The monoisotopic (exact) mass is 480 g/mol. The third-order valence-electron chi connectivity index (χ3n) is 5.79. The first-order valence-corrected chi connectivity index (χ1v) is 11.6. The second-order valence-corrected chi connectivity index (χ2v) is 8.97. The predicted octanol–water partition coefficient (Wildman–Crippen LogP) is 1.17. The van der Waals surface area contributed by atoms with Crippen LogP contribution in [0.4, 0.5) is 0 Å². The summed E-state index contributed by atoms with van der Waals surface area (Å²) in [6, 6.07) is 10.9. The molecule has 0 radical (unpaired) electrons. The highest BCUT2D eigenvalue weighted by Crippen LogP contribution is 2.36. The van der Waals surface area contributed by atoms with Crippen molar-refractivity contribution in [3.8, 4) is 17.4 Å². The Morgan fingerprint density at radius 3 is 2.85 bits per heavy atom. The zero-order chi connectivity index (χ0) is 22.9. The molecule has 34 heavy (non-hydrogen) atoms. The van der Waals surface area contributed by atoms with Crippen molar-refractivity contribution in [2.45, 2.75) is 30.7 Å². The number of nitrogens with one attached hydrogen (secondary N) is 1. The molecule has 5 heterocycles. The molecule has 12 nitrogen and oxygen atoms in total. The molecule has 0 spiro atoms. The molecule has 1 amide bonds. The van der Waals surface area contributed by atoms with Gasteiger partial charge in [0.1, 0.15) is 36.7 Å². The smallest absolute Gasteiger partial charge is 0.341 e. The number of tetrazole rings is 1. The van der Waals surface area contributed by atoms with Gasteiger partial charge in [-0.15, -0.1) is 11.3 Å². The number of carbonyl (C=O) groups excluding carboxylic acids is 1. The van der Waals surface area contributed by atoms with Gasteiger partial charge in [0.2, 0.25) is 5.91 Å². The maximum atomic E-state index is 12.4. The van der Waals surface area contributed by atoms with Gasteiger partial charge < -0.3 is 19.5 Å². The molecule has 1 N–H and O–H groups in total. The summed E-state index contributed by atoms with van der Waals surface area (Å²) in [5, 5.41) is 21.0. The fourth-order valence-electron chi connectivity index (χ4n) is 4.22. The SMILES string of the molecule is O=C(Cc1cccs1)N[C@H]1CO[C@H]2[C@@H]1OC[C@@H]2n1nnnc1Oc1ccc(-n2cncn2)cc1. The van der Waals surface area contributed by atoms with E-state index in [1.54, 1.807) is 39.2 Å². The van der Waals surface area contributed by atoms with Crippen molar-refractivity contribution < 1.29 is 19.0 Å². The Morgan fingerprint density at radius 2 is 2.06 bits per heavy atom. The van der Waals surface area contributed by atoms with E-state index in [0.717, 1.165) is 10.6 Å². The number of hydrogen-bond acceptors (Lipinski definition) is 10. The summed E-state index contributed by atoms with van der Waals surface area (Å²) < 4.78 is 21.2. The molecule has 2 aliphatic rings. The van der Waals surface area contributed by atoms with E-state index in [4.69, 9.17) is 14.2 Å². The molecule has 1 aromatic carbocycles. The number of rotatable bonds is 7. The average Bonchev–Trinajstić information content (AvgIpc) is 3.65. The van der Waals surface area contributed by atoms with Crippen LogP contribution in [-0.4, -0.2) is 72.3 Å². The Labute approximate surface area is 197 Å². The second-order valence-electron chi connectivity index (χ2n) is 7.94. The van der Waals surface area contributed by atoms with Crippen molar-refractivity contribution in [3.63, 3.8) is 0 Å². The number of aromatic nitrogens is 7. The molecule has 3 aromatic heterocycles. The number of thiophene rings is 1. The van der Waals surface area contributed by atoms with Crippen LogP contribution in [-0.2, 0) is 20.7 Å². The molecule has 13 heteroatoms. The molecule has 4 atom stereocenters. The van der Waals surface area contributed by atoms with Gasteiger partial charge in [-0.3, -0.25) is 4.79 Å². The van der Waals surface area contributed by atoms with Crippen LogP contribution in [0.25, 0.3) is 5.69 Å².